The number of hydrogen-bond acceptors (Lipinski definition) is 7. The van der Waals surface area contributed by atoms with Crippen LogP contribution in [0.4, 0.5) is 5.82 Å². The maximum Gasteiger partial charge on any atom is 0.230 e. The van der Waals surface area contributed by atoms with Crippen LogP contribution in [0, 0.1) is 5.92 Å². The zero-order chi connectivity index (χ0) is 19.9. The second-order valence-corrected chi connectivity index (χ2v) is 8.12. The van der Waals surface area contributed by atoms with Crippen molar-refractivity contribution < 1.29 is 9.32 Å². The molecule has 1 fully saturated rings. The average molecular weight is 386 g/mol. The van der Waals surface area contributed by atoms with Gasteiger partial charge in [-0.15, -0.1) is 0 Å². The third kappa shape index (κ3) is 5.36. The van der Waals surface area contributed by atoms with Gasteiger partial charge in [-0.25, -0.2) is 9.97 Å². The predicted molar refractivity (Wildman–Crippen MR) is 108 cm³/mol. The molecular formula is C21H31N5O2. The lowest BCUT2D eigenvalue weighted by Crippen LogP contribution is -2.13. The highest BCUT2D eigenvalue weighted by atomic mass is 16.5. The molecule has 7 heteroatoms. The largest absolute Gasteiger partial charge is 0.361 e. The first-order valence-corrected chi connectivity index (χ1v) is 10.4. The minimum Gasteiger partial charge on any atom is -0.361 e. The molecule has 0 N–H and O–H groups in total. The fourth-order valence-corrected chi connectivity index (χ4v) is 4.10. The van der Waals surface area contributed by atoms with Crippen LogP contribution in [0.15, 0.2) is 16.9 Å². The van der Waals surface area contributed by atoms with Gasteiger partial charge in [0, 0.05) is 38.8 Å². The molecule has 0 radical (unpaired) electrons. The van der Waals surface area contributed by atoms with Gasteiger partial charge in [-0.1, -0.05) is 50.1 Å². The van der Waals surface area contributed by atoms with E-state index >= 15 is 0 Å². The molecule has 2 heterocycles. The smallest absolute Gasteiger partial charge is 0.230 e. The highest BCUT2D eigenvalue weighted by Gasteiger charge is 2.24. The lowest BCUT2D eigenvalue weighted by atomic mass is 9.84. The van der Waals surface area contributed by atoms with Gasteiger partial charge in [0.05, 0.1) is 0 Å². The number of Topliss-reactive ketones (excluding diaryl/α,β-unsaturated/α-hetero) is 1. The van der Waals surface area contributed by atoms with Crippen molar-refractivity contribution in [3.63, 3.8) is 0 Å². The second-order valence-electron chi connectivity index (χ2n) is 8.12. The summed E-state index contributed by atoms with van der Waals surface area (Å²) in [7, 11) is 3.80. The zero-order valence-corrected chi connectivity index (χ0v) is 17.2. The number of ketones is 1. The van der Waals surface area contributed by atoms with Crippen molar-refractivity contribution in [2.75, 3.05) is 19.0 Å². The fourth-order valence-electron chi connectivity index (χ4n) is 4.10. The van der Waals surface area contributed by atoms with Gasteiger partial charge >= 0.3 is 0 Å². The Morgan fingerprint density at radius 3 is 2.68 bits per heavy atom. The van der Waals surface area contributed by atoms with E-state index in [-0.39, 0.29) is 11.7 Å². The number of hydrogen-bond donors (Lipinski definition) is 0. The second kappa shape index (κ2) is 9.75. The third-order valence-corrected chi connectivity index (χ3v) is 5.53. The van der Waals surface area contributed by atoms with Crippen molar-refractivity contribution in [3.8, 4) is 11.5 Å². The van der Waals surface area contributed by atoms with Crippen LogP contribution in [0.5, 0.6) is 0 Å². The number of carbonyl (C=O) groups excluding carboxylic acids is 1. The standard InChI is InChI=1S/C21H31N5O2/c1-15(27)14-17(11-7-10-16-8-5-4-6-9-16)21-24-19(25-28-21)18-20(26(2)3)23-13-12-22-18/h12-13,16-17H,4-11,14H2,1-3H3. The first kappa shape index (κ1) is 20.4. The monoisotopic (exact) mass is 385 g/mol. The Labute approximate surface area is 167 Å². The Bertz CT molecular complexity index is 768. The Morgan fingerprint density at radius 2 is 1.96 bits per heavy atom. The summed E-state index contributed by atoms with van der Waals surface area (Å²) in [6, 6.07) is 0. The van der Waals surface area contributed by atoms with Crippen LogP contribution in [-0.2, 0) is 4.79 Å². The number of aromatic nitrogens is 4. The molecule has 3 rings (SSSR count). The summed E-state index contributed by atoms with van der Waals surface area (Å²) in [5, 5.41) is 4.13. The maximum absolute atomic E-state index is 11.8. The van der Waals surface area contributed by atoms with Crippen LogP contribution >= 0.6 is 0 Å². The summed E-state index contributed by atoms with van der Waals surface area (Å²) in [4.78, 5) is 27.0. The highest BCUT2D eigenvalue weighted by molar-refractivity contribution is 5.76. The van der Waals surface area contributed by atoms with E-state index < -0.39 is 0 Å². The molecule has 28 heavy (non-hydrogen) atoms. The van der Waals surface area contributed by atoms with Gasteiger partial charge in [0.2, 0.25) is 11.7 Å². The van der Waals surface area contributed by atoms with Gasteiger partial charge in [-0.3, -0.25) is 0 Å². The van der Waals surface area contributed by atoms with Gasteiger partial charge in [0.15, 0.2) is 11.5 Å². The van der Waals surface area contributed by atoms with E-state index in [2.05, 4.69) is 20.1 Å². The molecule has 2 aromatic heterocycles. The molecule has 2 aromatic rings. The molecule has 0 amide bonds. The van der Waals surface area contributed by atoms with Gasteiger partial charge in [-0.2, -0.15) is 4.98 Å². The van der Waals surface area contributed by atoms with Gasteiger partial charge in [0.1, 0.15) is 5.78 Å². The van der Waals surface area contributed by atoms with Crippen molar-refractivity contribution in [1.82, 2.24) is 20.1 Å². The highest BCUT2D eigenvalue weighted by Crippen LogP contribution is 2.32. The molecule has 1 saturated carbocycles. The van der Waals surface area contributed by atoms with E-state index in [1.165, 1.54) is 38.5 Å². The SMILES string of the molecule is CC(=O)CC(CCCC1CCCCC1)c1nc(-c2nccnc2N(C)C)no1. The van der Waals surface area contributed by atoms with Gasteiger partial charge in [-0.05, 0) is 19.3 Å². The summed E-state index contributed by atoms with van der Waals surface area (Å²) in [6.07, 6.45) is 13.7. The van der Waals surface area contributed by atoms with Crippen LogP contribution in [0.2, 0.25) is 0 Å². The number of rotatable bonds is 9. The average Bonchev–Trinajstić information content (AvgIpc) is 3.18. The van der Waals surface area contributed by atoms with E-state index in [1.807, 2.05) is 19.0 Å². The first-order chi connectivity index (χ1) is 13.5. The Morgan fingerprint density at radius 1 is 1.21 bits per heavy atom. The molecule has 0 bridgehead atoms. The fraction of sp³-hybridized carbons (Fsp3) is 0.667. The van der Waals surface area contributed by atoms with E-state index in [0.29, 0.717) is 29.6 Å². The molecule has 1 aliphatic carbocycles. The van der Waals surface area contributed by atoms with E-state index in [0.717, 1.165) is 18.8 Å². The number of anilines is 1. The van der Waals surface area contributed by atoms with Crippen molar-refractivity contribution in [1.29, 1.82) is 0 Å². The van der Waals surface area contributed by atoms with Crippen molar-refractivity contribution in [2.45, 2.75) is 70.6 Å². The predicted octanol–water partition coefficient (Wildman–Crippen LogP) is 4.41. The summed E-state index contributed by atoms with van der Waals surface area (Å²) < 4.78 is 5.56. The quantitative estimate of drug-likeness (QED) is 0.632. The number of carbonyl (C=O) groups is 1. The molecule has 152 valence electrons. The molecular weight excluding hydrogens is 354 g/mol. The maximum atomic E-state index is 11.8. The Balaban J connectivity index is 1.70. The minimum absolute atomic E-state index is 0.0261. The van der Waals surface area contributed by atoms with E-state index in [9.17, 15) is 4.79 Å². The van der Waals surface area contributed by atoms with Crippen LogP contribution in [0.3, 0.4) is 0 Å². The van der Waals surface area contributed by atoms with Crippen molar-refractivity contribution in [3.05, 3.63) is 18.3 Å². The first-order valence-electron chi connectivity index (χ1n) is 10.4. The van der Waals surface area contributed by atoms with E-state index in [4.69, 9.17) is 4.52 Å². The normalized spacial score (nSPS) is 16.1. The minimum atomic E-state index is -0.0261. The molecule has 1 aliphatic rings. The summed E-state index contributed by atoms with van der Waals surface area (Å²) in [5.74, 6) is 2.61. The summed E-state index contributed by atoms with van der Waals surface area (Å²) >= 11 is 0. The molecule has 7 nitrogen and oxygen atoms in total. The molecule has 0 saturated heterocycles. The number of nitrogens with zero attached hydrogens (tertiary/aromatic N) is 5. The zero-order valence-electron chi connectivity index (χ0n) is 17.2. The van der Waals surface area contributed by atoms with Crippen LogP contribution in [-0.4, -0.2) is 40.0 Å². The third-order valence-electron chi connectivity index (χ3n) is 5.53. The molecule has 1 unspecified atom stereocenters. The van der Waals surface area contributed by atoms with Crippen molar-refractivity contribution in [2.24, 2.45) is 5.92 Å². The molecule has 0 aliphatic heterocycles. The lowest BCUT2D eigenvalue weighted by molar-refractivity contribution is -0.117. The van der Waals surface area contributed by atoms with E-state index in [1.54, 1.807) is 19.3 Å². The van der Waals surface area contributed by atoms with Crippen LogP contribution in [0.1, 0.15) is 76.5 Å². The lowest BCUT2D eigenvalue weighted by Gasteiger charge is -2.22. The van der Waals surface area contributed by atoms with Crippen LogP contribution in [0.25, 0.3) is 11.5 Å². The Hall–Kier alpha value is -2.31. The van der Waals surface area contributed by atoms with Crippen LogP contribution < -0.4 is 4.90 Å². The Kier molecular flexibility index (Phi) is 7.12. The van der Waals surface area contributed by atoms with Gasteiger partial charge < -0.3 is 14.2 Å². The molecule has 1 atom stereocenters. The van der Waals surface area contributed by atoms with Gasteiger partial charge in [0.25, 0.3) is 0 Å². The topological polar surface area (TPSA) is 85.0 Å². The molecule has 0 aromatic carbocycles. The summed E-state index contributed by atoms with van der Waals surface area (Å²) in [5.41, 5.74) is 0.589. The summed E-state index contributed by atoms with van der Waals surface area (Å²) in [6.45, 7) is 1.62. The molecule has 0 spiro atoms. The van der Waals surface area contributed by atoms with Crippen molar-refractivity contribution >= 4 is 11.6 Å².